The lowest BCUT2D eigenvalue weighted by Gasteiger charge is -2.48. The van der Waals surface area contributed by atoms with Gasteiger partial charge in [-0.2, -0.15) is 0 Å². The summed E-state index contributed by atoms with van der Waals surface area (Å²) in [7, 11) is 0. The Morgan fingerprint density at radius 3 is 2.00 bits per heavy atom. The monoisotopic (exact) mass is 412 g/mol. The first-order valence-electron chi connectivity index (χ1n) is 9.47. The van der Waals surface area contributed by atoms with Crippen LogP contribution in [0.2, 0.25) is 0 Å². The second-order valence-corrected chi connectivity index (χ2v) is 11.5. The van der Waals surface area contributed by atoms with Crippen molar-refractivity contribution >= 4 is 27.6 Å². The van der Waals surface area contributed by atoms with Crippen LogP contribution in [0, 0.1) is 16.2 Å². The molecule has 3 fully saturated rings. The molecule has 0 unspecified atom stereocenters. The third-order valence-electron chi connectivity index (χ3n) is 7.65. The van der Waals surface area contributed by atoms with Crippen molar-refractivity contribution in [3.63, 3.8) is 0 Å². The van der Waals surface area contributed by atoms with Crippen LogP contribution in [0.5, 0.6) is 0 Å². The predicted octanol–water partition coefficient (Wildman–Crippen LogP) is 3.57. The Kier molecular flexibility index (Phi) is 4.11. The molecule has 2 aliphatic carbocycles. The predicted molar refractivity (Wildman–Crippen MR) is 104 cm³/mol. The molecule has 25 heavy (non-hydrogen) atoms. The van der Waals surface area contributed by atoms with Crippen LogP contribution in [0.3, 0.4) is 0 Å². The molecule has 2 saturated carbocycles. The molecule has 3 aliphatic rings. The Labute approximate surface area is 160 Å². The Morgan fingerprint density at radius 1 is 1.04 bits per heavy atom. The Hall–Kier alpha value is -0.420. The molecular formula is C20H33BrN2O2. The van der Waals surface area contributed by atoms with Gasteiger partial charge >= 0.3 is 0 Å². The number of fused-ring (bicyclic) bond motifs is 2. The van der Waals surface area contributed by atoms with E-state index in [0.29, 0.717) is 0 Å². The maximum Gasteiger partial charge on any atom is 0.228 e. The van der Waals surface area contributed by atoms with E-state index in [4.69, 9.17) is 0 Å². The number of nitrogens with one attached hydrogen (secondary N) is 2. The van der Waals surface area contributed by atoms with Crippen LogP contribution in [-0.4, -0.2) is 33.6 Å². The van der Waals surface area contributed by atoms with Crippen LogP contribution in [0.15, 0.2) is 0 Å². The van der Waals surface area contributed by atoms with Gasteiger partial charge in [0.05, 0.1) is 10.2 Å². The van der Waals surface area contributed by atoms with Crippen molar-refractivity contribution in [1.82, 2.24) is 10.6 Å². The second kappa shape index (κ2) is 5.31. The van der Waals surface area contributed by atoms with Crippen LogP contribution in [0.4, 0.5) is 0 Å². The fourth-order valence-electron chi connectivity index (χ4n) is 6.19. The maximum atomic E-state index is 13.5. The summed E-state index contributed by atoms with van der Waals surface area (Å²) in [5.74, 6) is 0.261. The number of alkyl halides is 1. The van der Waals surface area contributed by atoms with Crippen molar-refractivity contribution in [2.24, 2.45) is 16.2 Å². The van der Waals surface area contributed by atoms with E-state index in [1.807, 2.05) is 6.92 Å². The summed E-state index contributed by atoms with van der Waals surface area (Å²) < 4.78 is 0. The van der Waals surface area contributed by atoms with Gasteiger partial charge in [0, 0.05) is 22.5 Å². The molecule has 3 atom stereocenters. The molecule has 1 heterocycles. The van der Waals surface area contributed by atoms with E-state index in [0.717, 1.165) is 25.7 Å². The van der Waals surface area contributed by atoms with Crippen LogP contribution < -0.4 is 10.6 Å². The number of hydrogen-bond acceptors (Lipinski definition) is 3. The lowest BCUT2D eigenvalue weighted by atomic mass is 9.64. The van der Waals surface area contributed by atoms with E-state index in [-0.39, 0.29) is 39.1 Å². The minimum Gasteiger partial charge on any atom is -0.353 e. The molecule has 1 saturated heterocycles. The first-order valence-corrected chi connectivity index (χ1v) is 10.4. The summed E-state index contributed by atoms with van der Waals surface area (Å²) in [6.45, 7) is 15.0. The minimum absolute atomic E-state index is 0.0175. The second-order valence-electron chi connectivity index (χ2n) is 10.6. The molecule has 0 aromatic carbocycles. The van der Waals surface area contributed by atoms with Crippen molar-refractivity contribution < 1.29 is 9.59 Å². The highest BCUT2D eigenvalue weighted by atomic mass is 79.9. The van der Waals surface area contributed by atoms with Crippen molar-refractivity contribution in [1.29, 1.82) is 0 Å². The molecule has 2 N–H and O–H groups in total. The van der Waals surface area contributed by atoms with Crippen LogP contribution in [0.25, 0.3) is 0 Å². The van der Waals surface area contributed by atoms with E-state index < -0.39 is 10.8 Å². The Balaban J connectivity index is 1.88. The average molecular weight is 413 g/mol. The molecule has 5 heteroatoms. The number of hydrogen-bond donors (Lipinski definition) is 2. The first kappa shape index (κ1) is 19.3. The van der Waals surface area contributed by atoms with Gasteiger partial charge in [-0.3, -0.25) is 9.59 Å². The molecule has 0 aromatic heterocycles. The van der Waals surface area contributed by atoms with Gasteiger partial charge in [-0.05, 0) is 58.8 Å². The quantitative estimate of drug-likeness (QED) is 0.681. The number of ketones is 1. The molecule has 1 amide bonds. The van der Waals surface area contributed by atoms with E-state index >= 15 is 0 Å². The van der Waals surface area contributed by atoms with Gasteiger partial charge in [0.1, 0.15) is 0 Å². The van der Waals surface area contributed by atoms with Crippen molar-refractivity contribution in [3.8, 4) is 0 Å². The summed E-state index contributed by atoms with van der Waals surface area (Å²) in [6.07, 6.45) is 3.38. The fraction of sp³-hybridized carbons (Fsp3) is 0.900. The van der Waals surface area contributed by atoms with Crippen molar-refractivity contribution in [3.05, 3.63) is 0 Å². The number of carbonyl (C=O) groups is 2. The van der Waals surface area contributed by atoms with E-state index in [2.05, 4.69) is 68.1 Å². The fourth-order valence-corrected chi connectivity index (χ4v) is 7.71. The average Bonchev–Trinajstić information content (AvgIpc) is 2.67. The standard InChI is InChI=1S/C20H33BrN2O2/c1-16(2)10-12(11-17(3,4)23-16)22-15(25)20-9-8-19(7,18(20,5)6)14(24)13(20)21/h12-13,23H,8-11H2,1-7H3,(H,22,25)/t13-,19-,20+/m1/s1. The van der Waals surface area contributed by atoms with Crippen LogP contribution in [0.1, 0.15) is 74.1 Å². The molecule has 4 nitrogen and oxygen atoms in total. The number of carbonyl (C=O) groups excluding carboxylic acids is 2. The van der Waals surface area contributed by atoms with Gasteiger partial charge in [-0.15, -0.1) is 0 Å². The zero-order valence-electron chi connectivity index (χ0n) is 16.7. The summed E-state index contributed by atoms with van der Waals surface area (Å²) in [5, 5.41) is 7.01. The molecule has 3 rings (SSSR count). The minimum atomic E-state index is -0.641. The highest BCUT2D eigenvalue weighted by molar-refractivity contribution is 9.10. The summed E-state index contributed by atoms with van der Waals surface area (Å²) >= 11 is 3.62. The largest absolute Gasteiger partial charge is 0.353 e. The number of Topliss-reactive ketones (excluding diaryl/α,β-unsaturated/α-hetero) is 1. The van der Waals surface area contributed by atoms with Gasteiger partial charge in [0.15, 0.2) is 5.78 Å². The lowest BCUT2D eigenvalue weighted by Crippen LogP contribution is -2.63. The van der Waals surface area contributed by atoms with Gasteiger partial charge < -0.3 is 10.6 Å². The zero-order chi connectivity index (χ0) is 19.1. The number of amides is 1. The molecular weight excluding hydrogens is 380 g/mol. The molecule has 2 bridgehead atoms. The number of halogens is 1. The van der Waals surface area contributed by atoms with Crippen LogP contribution >= 0.6 is 15.9 Å². The summed E-state index contributed by atoms with van der Waals surface area (Å²) in [5.41, 5.74) is -1.43. The third kappa shape index (κ3) is 2.48. The van der Waals surface area contributed by atoms with Crippen molar-refractivity contribution in [2.45, 2.75) is 96.1 Å². The van der Waals surface area contributed by atoms with Gasteiger partial charge in [0.25, 0.3) is 0 Å². The maximum absolute atomic E-state index is 13.5. The summed E-state index contributed by atoms with van der Waals surface area (Å²) in [6, 6.07) is 0.131. The topological polar surface area (TPSA) is 58.2 Å². The van der Waals surface area contributed by atoms with Gasteiger partial charge in [-0.25, -0.2) is 0 Å². The van der Waals surface area contributed by atoms with E-state index in [9.17, 15) is 9.59 Å². The highest BCUT2D eigenvalue weighted by Crippen LogP contribution is 2.72. The SMILES string of the molecule is CC1(C)CC(NC(=O)[C@]23CC[C@](C)(C(=O)[C@H]2Br)C3(C)C)CC(C)(C)N1. The summed E-state index contributed by atoms with van der Waals surface area (Å²) in [4.78, 5) is 26.0. The molecule has 142 valence electrons. The van der Waals surface area contributed by atoms with Crippen molar-refractivity contribution in [2.75, 3.05) is 0 Å². The molecule has 0 aromatic rings. The van der Waals surface area contributed by atoms with Gasteiger partial charge in [-0.1, -0.05) is 36.7 Å². The highest BCUT2D eigenvalue weighted by Gasteiger charge is 2.76. The normalized spacial score (nSPS) is 41.8. The lowest BCUT2D eigenvalue weighted by molar-refractivity contribution is -0.137. The third-order valence-corrected chi connectivity index (χ3v) is 8.85. The van der Waals surface area contributed by atoms with E-state index in [1.165, 1.54) is 0 Å². The smallest absolute Gasteiger partial charge is 0.228 e. The first-order chi connectivity index (χ1) is 11.2. The number of piperidine rings is 1. The zero-order valence-corrected chi connectivity index (χ0v) is 18.3. The van der Waals surface area contributed by atoms with Crippen LogP contribution in [-0.2, 0) is 9.59 Å². The molecule has 0 radical (unpaired) electrons. The number of rotatable bonds is 2. The Bertz CT molecular complexity index is 611. The van der Waals surface area contributed by atoms with Gasteiger partial charge in [0.2, 0.25) is 5.91 Å². The molecule has 1 aliphatic heterocycles. The van der Waals surface area contributed by atoms with E-state index in [1.54, 1.807) is 0 Å². The molecule has 0 spiro atoms. The Morgan fingerprint density at radius 2 is 1.56 bits per heavy atom.